The Morgan fingerprint density at radius 3 is 2.52 bits per heavy atom. The summed E-state index contributed by atoms with van der Waals surface area (Å²) in [6.45, 7) is 3.71. The lowest BCUT2D eigenvalue weighted by Crippen LogP contribution is -2.43. The van der Waals surface area contributed by atoms with Crippen LogP contribution >= 0.6 is 0 Å². The number of carbonyl (C=O) groups excluding carboxylic acids is 3. The molecule has 1 aromatic rings. The average Bonchev–Trinajstić information content (AvgIpc) is 3.30. The standard InChI is InChI=1S/C26H31NO6/c1-14-12-19-23(24(28)20(14)25(29)32-4)22(16-8-7-11-18(13-16)31-3)21(15(2)27-19)26(30)33-17-9-5-6-10-17/h7-8,11,13-14,17,20,22,27H,5-6,9-10,12H2,1-4H3. The van der Waals surface area contributed by atoms with Crippen molar-refractivity contribution in [1.82, 2.24) is 5.32 Å². The lowest BCUT2D eigenvalue weighted by molar-refractivity contribution is -0.151. The van der Waals surface area contributed by atoms with Crippen molar-refractivity contribution in [3.8, 4) is 5.75 Å². The molecule has 0 aromatic heterocycles. The maximum atomic E-state index is 13.7. The molecule has 7 heteroatoms. The summed E-state index contributed by atoms with van der Waals surface area (Å²) in [7, 11) is 2.86. The van der Waals surface area contributed by atoms with Crippen molar-refractivity contribution in [3.05, 3.63) is 52.4 Å². The first-order valence-electron chi connectivity index (χ1n) is 11.5. The summed E-state index contributed by atoms with van der Waals surface area (Å²) in [5.41, 5.74) is 2.99. The van der Waals surface area contributed by atoms with Crippen LogP contribution in [0, 0.1) is 11.8 Å². The summed E-state index contributed by atoms with van der Waals surface area (Å²) in [6, 6.07) is 7.35. The molecular weight excluding hydrogens is 422 g/mol. The largest absolute Gasteiger partial charge is 0.497 e. The molecule has 1 N–H and O–H groups in total. The van der Waals surface area contributed by atoms with E-state index >= 15 is 0 Å². The summed E-state index contributed by atoms with van der Waals surface area (Å²) in [6.07, 6.45) is 4.18. The van der Waals surface area contributed by atoms with Crippen molar-refractivity contribution in [2.75, 3.05) is 14.2 Å². The van der Waals surface area contributed by atoms with Crippen LogP contribution in [0.25, 0.3) is 0 Å². The predicted molar refractivity (Wildman–Crippen MR) is 121 cm³/mol. The number of ketones is 1. The van der Waals surface area contributed by atoms with Gasteiger partial charge in [-0.3, -0.25) is 9.59 Å². The van der Waals surface area contributed by atoms with Gasteiger partial charge in [0.2, 0.25) is 0 Å². The fourth-order valence-corrected chi connectivity index (χ4v) is 5.33. The van der Waals surface area contributed by atoms with E-state index in [1.165, 1.54) is 7.11 Å². The molecular formula is C26H31NO6. The van der Waals surface area contributed by atoms with Crippen LogP contribution in [0.4, 0.5) is 0 Å². The highest BCUT2D eigenvalue weighted by Crippen LogP contribution is 2.46. The van der Waals surface area contributed by atoms with Crippen molar-refractivity contribution in [1.29, 1.82) is 0 Å². The first-order chi connectivity index (χ1) is 15.8. The number of benzene rings is 1. The normalized spacial score (nSPS) is 25.5. The Kier molecular flexibility index (Phi) is 6.58. The van der Waals surface area contributed by atoms with E-state index in [-0.39, 0.29) is 17.8 Å². The molecule has 1 saturated carbocycles. The van der Waals surface area contributed by atoms with Crippen molar-refractivity contribution in [3.63, 3.8) is 0 Å². The maximum absolute atomic E-state index is 13.7. The zero-order valence-corrected chi connectivity index (χ0v) is 19.6. The molecule has 0 bridgehead atoms. The molecule has 0 amide bonds. The third kappa shape index (κ3) is 4.28. The van der Waals surface area contributed by atoms with Crippen LogP contribution in [0.15, 0.2) is 46.8 Å². The van der Waals surface area contributed by atoms with Crippen LogP contribution in [0.2, 0.25) is 0 Å². The van der Waals surface area contributed by atoms with Crippen LogP contribution in [-0.4, -0.2) is 38.0 Å². The summed E-state index contributed by atoms with van der Waals surface area (Å²) >= 11 is 0. The van der Waals surface area contributed by atoms with E-state index in [9.17, 15) is 14.4 Å². The molecule has 0 radical (unpaired) electrons. The van der Waals surface area contributed by atoms with Crippen molar-refractivity contribution < 1.29 is 28.6 Å². The van der Waals surface area contributed by atoms with Gasteiger partial charge in [-0.25, -0.2) is 4.79 Å². The van der Waals surface area contributed by atoms with Crippen LogP contribution in [-0.2, 0) is 23.9 Å². The predicted octanol–water partition coefficient (Wildman–Crippen LogP) is 3.79. The Morgan fingerprint density at radius 1 is 1.12 bits per heavy atom. The number of dihydropyridines is 1. The van der Waals surface area contributed by atoms with Gasteiger partial charge in [-0.2, -0.15) is 0 Å². The van der Waals surface area contributed by atoms with Crippen molar-refractivity contribution >= 4 is 17.7 Å². The molecule has 3 aliphatic rings. The van der Waals surface area contributed by atoms with Gasteiger partial charge in [0.15, 0.2) is 5.78 Å². The quantitative estimate of drug-likeness (QED) is 0.536. The first-order valence-corrected chi connectivity index (χ1v) is 11.5. The van der Waals surface area contributed by atoms with E-state index in [4.69, 9.17) is 14.2 Å². The molecule has 1 aliphatic heterocycles. The SMILES string of the molecule is COC(=O)C1C(=O)C2=C(CC1C)NC(C)=C(C(=O)OC1CCCC1)C2c1cccc(OC)c1. The molecule has 2 aliphatic carbocycles. The van der Waals surface area contributed by atoms with Crippen LogP contribution in [0.5, 0.6) is 5.75 Å². The second-order valence-electron chi connectivity index (χ2n) is 9.12. The summed E-state index contributed by atoms with van der Waals surface area (Å²) in [5.74, 6) is -2.45. The second kappa shape index (κ2) is 9.41. The Bertz CT molecular complexity index is 1030. The molecule has 1 fully saturated rings. The van der Waals surface area contributed by atoms with Gasteiger partial charge in [-0.1, -0.05) is 19.1 Å². The van der Waals surface area contributed by atoms with Gasteiger partial charge >= 0.3 is 11.9 Å². The minimum Gasteiger partial charge on any atom is -0.497 e. The Balaban J connectivity index is 1.82. The summed E-state index contributed by atoms with van der Waals surface area (Å²) in [5, 5.41) is 3.30. The summed E-state index contributed by atoms with van der Waals surface area (Å²) in [4.78, 5) is 39.7. The third-order valence-electron chi connectivity index (χ3n) is 6.97. The number of Topliss-reactive ketones (excluding diaryl/α,β-unsaturated/α-hetero) is 1. The molecule has 3 unspecified atom stereocenters. The summed E-state index contributed by atoms with van der Waals surface area (Å²) < 4.78 is 16.2. The van der Waals surface area contributed by atoms with Crippen molar-refractivity contribution in [2.45, 2.75) is 58.0 Å². The minimum absolute atomic E-state index is 0.107. The number of allylic oxidation sites excluding steroid dienone is 3. The van der Waals surface area contributed by atoms with E-state index in [0.29, 0.717) is 29.0 Å². The van der Waals surface area contributed by atoms with Gasteiger partial charge in [0.1, 0.15) is 17.8 Å². The monoisotopic (exact) mass is 453 g/mol. The Morgan fingerprint density at radius 2 is 1.85 bits per heavy atom. The fourth-order valence-electron chi connectivity index (χ4n) is 5.33. The van der Waals surface area contributed by atoms with Crippen molar-refractivity contribution in [2.24, 2.45) is 11.8 Å². The fraction of sp³-hybridized carbons (Fsp3) is 0.500. The lowest BCUT2D eigenvalue weighted by Gasteiger charge is -2.38. The third-order valence-corrected chi connectivity index (χ3v) is 6.97. The molecule has 176 valence electrons. The number of ether oxygens (including phenoxy) is 3. The topological polar surface area (TPSA) is 90.9 Å². The molecule has 33 heavy (non-hydrogen) atoms. The van der Waals surface area contributed by atoms with Gasteiger partial charge in [0, 0.05) is 22.9 Å². The molecule has 3 atom stereocenters. The van der Waals surface area contributed by atoms with E-state index in [1.54, 1.807) is 7.11 Å². The van der Waals surface area contributed by atoms with Crippen LogP contribution < -0.4 is 10.1 Å². The van der Waals surface area contributed by atoms with Gasteiger partial charge in [-0.05, 0) is 62.6 Å². The highest BCUT2D eigenvalue weighted by molar-refractivity contribution is 6.12. The van der Waals surface area contributed by atoms with Gasteiger partial charge in [-0.15, -0.1) is 0 Å². The average molecular weight is 454 g/mol. The van der Waals surface area contributed by atoms with E-state index in [1.807, 2.05) is 38.1 Å². The molecule has 0 spiro atoms. The second-order valence-corrected chi connectivity index (χ2v) is 9.12. The lowest BCUT2D eigenvalue weighted by atomic mass is 9.69. The van der Waals surface area contributed by atoms with Gasteiger partial charge in [0.25, 0.3) is 0 Å². The number of hydrogen-bond donors (Lipinski definition) is 1. The number of carbonyl (C=O) groups is 3. The number of esters is 2. The Labute approximate surface area is 194 Å². The highest BCUT2D eigenvalue weighted by Gasteiger charge is 2.47. The maximum Gasteiger partial charge on any atom is 0.337 e. The number of nitrogens with one attached hydrogen (secondary N) is 1. The molecule has 1 aromatic carbocycles. The van der Waals surface area contributed by atoms with Gasteiger partial charge in [0.05, 0.1) is 19.8 Å². The zero-order valence-electron chi connectivity index (χ0n) is 19.6. The Hall–Kier alpha value is -3.09. The van der Waals surface area contributed by atoms with Crippen LogP contribution in [0.1, 0.15) is 57.4 Å². The number of methoxy groups -OCH3 is 2. The number of rotatable bonds is 5. The van der Waals surface area contributed by atoms with E-state index in [0.717, 1.165) is 36.9 Å². The zero-order chi connectivity index (χ0) is 23.7. The van der Waals surface area contributed by atoms with E-state index in [2.05, 4.69) is 5.32 Å². The molecule has 4 rings (SSSR count). The first kappa shape index (κ1) is 23.1. The van der Waals surface area contributed by atoms with Gasteiger partial charge < -0.3 is 19.5 Å². The van der Waals surface area contributed by atoms with E-state index < -0.39 is 23.8 Å². The van der Waals surface area contributed by atoms with Crippen LogP contribution in [0.3, 0.4) is 0 Å². The molecule has 7 nitrogen and oxygen atoms in total. The smallest absolute Gasteiger partial charge is 0.337 e. The highest BCUT2D eigenvalue weighted by atomic mass is 16.5. The minimum atomic E-state index is -0.908. The molecule has 1 heterocycles. The number of hydrogen-bond acceptors (Lipinski definition) is 7. The molecule has 0 saturated heterocycles.